The summed E-state index contributed by atoms with van der Waals surface area (Å²) in [6.07, 6.45) is 3.18. The zero-order chi connectivity index (χ0) is 17.4. The average Bonchev–Trinajstić information content (AvgIpc) is 2.61. The van der Waals surface area contributed by atoms with Gasteiger partial charge >= 0.3 is 0 Å². The van der Waals surface area contributed by atoms with Crippen LogP contribution in [0.2, 0.25) is 0 Å². The summed E-state index contributed by atoms with van der Waals surface area (Å²) in [5.41, 5.74) is 4.45. The van der Waals surface area contributed by atoms with E-state index in [9.17, 15) is 9.59 Å². The van der Waals surface area contributed by atoms with Gasteiger partial charge in [-0.2, -0.15) is 5.10 Å². The van der Waals surface area contributed by atoms with E-state index in [1.54, 1.807) is 19.1 Å². The van der Waals surface area contributed by atoms with Gasteiger partial charge in [-0.15, -0.1) is 0 Å². The van der Waals surface area contributed by atoms with E-state index in [1.807, 2.05) is 37.3 Å². The third kappa shape index (κ3) is 5.31. The molecule has 0 saturated carbocycles. The van der Waals surface area contributed by atoms with Crippen molar-refractivity contribution >= 4 is 17.5 Å². The van der Waals surface area contributed by atoms with Crippen LogP contribution in [0.25, 0.3) is 0 Å². The van der Waals surface area contributed by atoms with Crippen molar-refractivity contribution in [3.8, 4) is 0 Å². The summed E-state index contributed by atoms with van der Waals surface area (Å²) < 4.78 is 0. The van der Waals surface area contributed by atoms with Gasteiger partial charge in [-0.1, -0.05) is 30.3 Å². The molecule has 0 aliphatic heterocycles. The normalized spacial score (nSPS) is 12.3. The first-order valence-corrected chi connectivity index (χ1v) is 7.64. The number of carbonyl (C=O) groups is 2. The lowest BCUT2D eigenvalue weighted by Gasteiger charge is -2.14. The number of aromatic nitrogens is 1. The molecule has 0 spiro atoms. The molecule has 0 bridgehead atoms. The second kappa shape index (κ2) is 8.57. The summed E-state index contributed by atoms with van der Waals surface area (Å²) in [6, 6.07) is 12.8. The molecule has 0 fully saturated rings. The van der Waals surface area contributed by atoms with Gasteiger partial charge in [0.25, 0.3) is 5.91 Å². The quantitative estimate of drug-likeness (QED) is 0.632. The van der Waals surface area contributed by atoms with E-state index in [2.05, 4.69) is 20.8 Å². The van der Waals surface area contributed by atoms with Gasteiger partial charge in [0.2, 0.25) is 5.91 Å². The largest absolute Gasteiger partial charge is 0.349 e. The number of nitrogens with one attached hydrogen (secondary N) is 2. The third-order valence-corrected chi connectivity index (χ3v) is 3.38. The van der Waals surface area contributed by atoms with Crippen LogP contribution < -0.4 is 10.7 Å². The van der Waals surface area contributed by atoms with Gasteiger partial charge in [0.1, 0.15) is 0 Å². The second-order valence-corrected chi connectivity index (χ2v) is 5.40. The molecule has 6 heteroatoms. The van der Waals surface area contributed by atoms with Crippen molar-refractivity contribution in [3.63, 3.8) is 0 Å². The Hall–Kier alpha value is -3.02. The number of carbonyl (C=O) groups excluding carboxylic acids is 2. The van der Waals surface area contributed by atoms with Gasteiger partial charge < -0.3 is 5.32 Å². The van der Waals surface area contributed by atoms with Crippen molar-refractivity contribution in [2.75, 3.05) is 0 Å². The van der Waals surface area contributed by atoms with E-state index in [-0.39, 0.29) is 24.3 Å². The highest BCUT2D eigenvalue weighted by molar-refractivity contribution is 6.01. The number of hydrazone groups is 1. The topological polar surface area (TPSA) is 83.5 Å². The van der Waals surface area contributed by atoms with E-state index < -0.39 is 0 Å². The Balaban J connectivity index is 1.84. The highest BCUT2D eigenvalue weighted by atomic mass is 16.2. The van der Waals surface area contributed by atoms with Crippen molar-refractivity contribution in [1.29, 1.82) is 0 Å². The summed E-state index contributed by atoms with van der Waals surface area (Å²) >= 11 is 0. The first-order valence-electron chi connectivity index (χ1n) is 7.64. The predicted octanol–water partition coefficient (Wildman–Crippen LogP) is 2.45. The van der Waals surface area contributed by atoms with Gasteiger partial charge in [0, 0.05) is 23.7 Å². The first-order chi connectivity index (χ1) is 11.6. The van der Waals surface area contributed by atoms with Gasteiger partial charge in [-0.05, 0) is 31.5 Å². The highest BCUT2D eigenvalue weighted by Gasteiger charge is 2.10. The van der Waals surface area contributed by atoms with Crippen molar-refractivity contribution in [1.82, 2.24) is 15.7 Å². The van der Waals surface area contributed by atoms with Crippen molar-refractivity contribution in [3.05, 3.63) is 66.0 Å². The predicted molar refractivity (Wildman–Crippen MR) is 92.4 cm³/mol. The lowest BCUT2D eigenvalue weighted by Crippen LogP contribution is -2.28. The van der Waals surface area contributed by atoms with Crippen LogP contribution in [0.3, 0.4) is 0 Å². The van der Waals surface area contributed by atoms with Crippen LogP contribution in [0, 0.1) is 0 Å². The van der Waals surface area contributed by atoms with Gasteiger partial charge in [-0.25, -0.2) is 5.43 Å². The second-order valence-electron chi connectivity index (χ2n) is 5.40. The maximum atomic E-state index is 12.0. The zero-order valence-corrected chi connectivity index (χ0v) is 13.7. The maximum Gasteiger partial charge on any atom is 0.271 e. The third-order valence-electron chi connectivity index (χ3n) is 3.38. The van der Waals surface area contributed by atoms with Crippen molar-refractivity contribution in [2.24, 2.45) is 5.10 Å². The molecule has 0 radical (unpaired) electrons. The van der Waals surface area contributed by atoms with E-state index in [4.69, 9.17) is 0 Å². The molecule has 124 valence electrons. The van der Waals surface area contributed by atoms with Crippen LogP contribution in [0.1, 0.15) is 42.2 Å². The first kappa shape index (κ1) is 17.3. The molecule has 2 aromatic rings. The van der Waals surface area contributed by atoms with Crippen LogP contribution in [-0.4, -0.2) is 22.5 Å². The lowest BCUT2D eigenvalue weighted by atomic mass is 10.1. The molecule has 1 aromatic carbocycles. The highest BCUT2D eigenvalue weighted by Crippen LogP contribution is 2.11. The lowest BCUT2D eigenvalue weighted by molar-refractivity contribution is -0.120. The van der Waals surface area contributed by atoms with E-state index in [0.29, 0.717) is 11.3 Å². The molecule has 1 aromatic heterocycles. The summed E-state index contributed by atoms with van der Waals surface area (Å²) in [5.74, 6) is -0.486. The van der Waals surface area contributed by atoms with E-state index in [1.165, 1.54) is 12.4 Å². The van der Waals surface area contributed by atoms with Crippen molar-refractivity contribution < 1.29 is 9.59 Å². The van der Waals surface area contributed by atoms with E-state index >= 15 is 0 Å². The molecule has 2 N–H and O–H groups in total. The van der Waals surface area contributed by atoms with Crippen LogP contribution in [0.5, 0.6) is 0 Å². The monoisotopic (exact) mass is 324 g/mol. The fraction of sp³-hybridized carbons (Fsp3) is 0.222. The number of amides is 2. The number of pyridine rings is 1. The standard InChI is InChI=1S/C18H20N4O2/c1-13(21-22-18(24)16-8-10-19-11-9-16)12-17(23)20-14(2)15-6-4-3-5-7-15/h3-11,14H,12H2,1-2H3,(H,20,23)(H,22,24). The van der Waals surface area contributed by atoms with Gasteiger partial charge in [-0.3, -0.25) is 14.6 Å². The van der Waals surface area contributed by atoms with Crippen LogP contribution in [0.15, 0.2) is 60.0 Å². The van der Waals surface area contributed by atoms with Crippen LogP contribution in [0.4, 0.5) is 0 Å². The molecule has 0 aliphatic rings. The van der Waals surface area contributed by atoms with Crippen LogP contribution in [-0.2, 0) is 4.79 Å². The van der Waals surface area contributed by atoms with Crippen molar-refractivity contribution in [2.45, 2.75) is 26.3 Å². The Kier molecular flexibility index (Phi) is 6.19. The molecule has 2 amide bonds. The number of benzene rings is 1. The molecule has 0 aliphatic carbocycles. The summed E-state index contributed by atoms with van der Waals surface area (Å²) in [7, 11) is 0. The smallest absolute Gasteiger partial charge is 0.271 e. The van der Waals surface area contributed by atoms with Gasteiger partial charge in [0.15, 0.2) is 0 Å². The molecule has 2 rings (SSSR count). The number of rotatable bonds is 6. The Morgan fingerprint density at radius 1 is 1.12 bits per heavy atom. The number of nitrogens with zero attached hydrogens (tertiary/aromatic N) is 2. The molecule has 6 nitrogen and oxygen atoms in total. The Bertz CT molecular complexity index is 714. The Labute approximate surface area is 141 Å². The van der Waals surface area contributed by atoms with Gasteiger partial charge in [0.05, 0.1) is 12.5 Å². The van der Waals surface area contributed by atoms with Crippen LogP contribution >= 0.6 is 0 Å². The summed E-state index contributed by atoms with van der Waals surface area (Å²) in [6.45, 7) is 3.62. The minimum Gasteiger partial charge on any atom is -0.349 e. The Morgan fingerprint density at radius 2 is 1.79 bits per heavy atom. The fourth-order valence-electron chi connectivity index (χ4n) is 2.10. The summed E-state index contributed by atoms with van der Waals surface area (Å²) in [4.78, 5) is 27.7. The zero-order valence-electron chi connectivity index (χ0n) is 13.7. The fourth-order valence-corrected chi connectivity index (χ4v) is 2.10. The minimum absolute atomic E-state index is 0.0853. The summed E-state index contributed by atoms with van der Waals surface area (Å²) in [5, 5.41) is 6.86. The average molecular weight is 324 g/mol. The molecule has 0 saturated heterocycles. The number of hydrogen-bond acceptors (Lipinski definition) is 4. The molecule has 1 heterocycles. The molecular weight excluding hydrogens is 304 g/mol. The SMILES string of the molecule is CC(CC(=O)NC(C)c1ccccc1)=NNC(=O)c1ccncc1. The maximum absolute atomic E-state index is 12.0. The molecule has 1 atom stereocenters. The molecular formula is C18H20N4O2. The minimum atomic E-state index is -0.338. The molecule has 1 unspecified atom stereocenters. The Morgan fingerprint density at radius 3 is 2.46 bits per heavy atom. The molecule has 24 heavy (non-hydrogen) atoms. The van der Waals surface area contributed by atoms with E-state index in [0.717, 1.165) is 5.56 Å². The number of hydrogen-bond donors (Lipinski definition) is 2.